The third-order valence-electron chi connectivity index (χ3n) is 2.71. The SMILES string of the molecule is COCCCCC(C)C(C)(C)C. The number of unbranched alkanes of at least 4 members (excludes halogenated alkanes) is 1. The average molecular weight is 172 g/mol. The first-order valence-corrected chi connectivity index (χ1v) is 4.97. The van der Waals surface area contributed by atoms with E-state index in [0.717, 1.165) is 12.5 Å². The zero-order valence-corrected chi connectivity index (χ0v) is 9.31. The molecule has 0 heterocycles. The molecule has 1 heteroatoms. The van der Waals surface area contributed by atoms with Gasteiger partial charge in [-0.15, -0.1) is 0 Å². The lowest BCUT2D eigenvalue weighted by Crippen LogP contribution is -2.17. The van der Waals surface area contributed by atoms with E-state index in [9.17, 15) is 0 Å². The lowest BCUT2D eigenvalue weighted by atomic mass is 9.79. The van der Waals surface area contributed by atoms with Crippen LogP contribution in [0.4, 0.5) is 0 Å². The standard InChI is InChI=1S/C11H24O/c1-10(11(2,3)4)8-6-7-9-12-5/h10H,6-9H2,1-5H3. The molecule has 0 saturated heterocycles. The van der Waals surface area contributed by atoms with Crippen molar-refractivity contribution in [2.45, 2.75) is 47.0 Å². The molecule has 12 heavy (non-hydrogen) atoms. The Morgan fingerprint density at radius 1 is 1.17 bits per heavy atom. The average Bonchev–Trinajstić information content (AvgIpc) is 1.96. The molecular weight excluding hydrogens is 148 g/mol. The molecule has 0 aliphatic heterocycles. The molecule has 0 aliphatic rings. The highest BCUT2D eigenvalue weighted by Crippen LogP contribution is 2.29. The summed E-state index contributed by atoms with van der Waals surface area (Å²) in [5.74, 6) is 0.814. The third-order valence-corrected chi connectivity index (χ3v) is 2.71. The van der Waals surface area contributed by atoms with Gasteiger partial charge in [-0.2, -0.15) is 0 Å². The highest BCUT2D eigenvalue weighted by atomic mass is 16.5. The summed E-state index contributed by atoms with van der Waals surface area (Å²) >= 11 is 0. The second kappa shape index (κ2) is 5.58. The van der Waals surface area contributed by atoms with Crippen LogP contribution < -0.4 is 0 Å². The molecule has 1 atom stereocenters. The highest BCUT2D eigenvalue weighted by Gasteiger charge is 2.18. The maximum Gasteiger partial charge on any atom is 0.0462 e. The van der Waals surface area contributed by atoms with Crippen molar-refractivity contribution in [1.29, 1.82) is 0 Å². The molecule has 74 valence electrons. The van der Waals surface area contributed by atoms with Gasteiger partial charge in [-0.1, -0.05) is 40.5 Å². The van der Waals surface area contributed by atoms with Gasteiger partial charge < -0.3 is 4.74 Å². The van der Waals surface area contributed by atoms with Crippen LogP contribution in [-0.2, 0) is 4.74 Å². The minimum Gasteiger partial charge on any atom is -0.385 e. The number of hydrogen-bond acceptors (Lipinski definition) is 1. The van der Waals surface area contributed by atoms with Crippen molar-refractivity contribution in [2.75, 3.05) is 13.7 Å². The molecule has 0 spiro atoms. The summed E-state index contributed by atoms with van der Waals surface area (Å²) < 4.78 is 5.01. The van der Waals surface area contributed by atoms with Crippen molar-refractivity contribution in [3.05, 3.63) is 0 Å². The van der Waals surface area contributed by atoms with Gasteiger partial charge in [0.1, 0.15) is 0 Å². The Labute approximate surface area is 77.5 Å². The fourth-order valence-corrected chi connectivity index (χ4v) is 1.13. The molecule has 0 saturated carbocycles. The summed E-state index contributed by atoms with van der Waals surface area (Å²) in [5, 5.41) is 0. The molecule has 1 nitrogen and oxygen atoms in total. The Morgan fingerprint density at radius 3 is 2.17 bits per heavy atom. The lowest BCUT2D eigenvalue weighted by Gasteiger charge is -2.27. The van der Waals surface area contributed by atoms with Crippen molar-refractivity contribution >= 4 is 0 Å². The van der Waals surface area contributed by atoms with Gasteiger partial charge in [0.05, 0.1) is 0 Å². The first-order chi connectivity index (χ1) is 5.48. The Kier molecular flexibility index (Phi) is 5.56. The summed E-state index contributed by atoms with van der Waals surface area (Å²) in [5.41, 5.74) is 0.465. The van der Waals surface area contributed by atoms with Crippen LogP contribution in [0.15, 0.2) is 0 Å². The van der Waals surface area contributed by atoms with Gasteiger partial charge in [-0.05, 0) is 17.8 Å². The Bertz CT molecular complexity index is 102. The zero-order chi connectivity index (χ0) is 9.61. The van der Waals surface area contributed by atoms with Crippen molar-refractivity contribution in [1.82, 2.24) is 0 Å². The Balaban J connectivity index is 3.38. The molecule has 0 amide bonds. The first kappa shape index (κ1) is 12.0. The quantitative estimate of drug-likeness (QED) is 0.577. The van der Waals surface area contributed by atoms with Crippen LogP contribution in [0, 0.1) is 11.3 Å². The molecule has 0 bridgehead atoms. The fourth-order valence-electron chi connectivity index (χ4n) is 1.13. The molecule has 0 aromatic carbocycles. The molecule has 0 radical (unpaired) electrons. The summed E-state index contributed by atoms with van der Waals surface area (Å²) in [7, 11) is 1.77. The van der Waals surface area contributed by atoms with Crippen LogP contribution in [0.1, 0.15) is 47.0 Å². The molecule has 0 aromatic heterocycles. The number of rotatable bonds is 5. The maximum absolute atomic E-state index is 5.01. The molecule has 1 unspecified atom stereocenters. The van der Waals surface area contributed by atoms with Crippen LogP contribution in [-0.4, -0.2) is 13.7 Å². The van der Waals surface area contributed by atoms with Gasteiger partial charge in [0, 0.05) is 13.7 Å². The van der Waals surface area contributed by atoms with E-state index in [1.54, 1.807) is 7.11 Å². The zero-order valence-electron chi connectivity index (χ0n) is 9.31. The largest absolute Gasteiger partial charge is 0.385 e. The van der Waals surface area contributed by atoms with E-state index >= 15 is 0 Å². The van der Waals surface area contributed by atoms with Crippen molar-refractivity contribution < 1.29 is 4.74 Å². The van der Waals surface area contributed by atoms with E-state index in [1.807, 2.05) is 0 Å². The monoisotopic (exact) mass is 172 g/mol. The third kappa shape index (κ3) is 5.59. The Hall–Kier alpha value is -0.0400. The van der Waals surface area contributed by atoms with E-state index in [0.29, 0.717) is 5.41 Å². The topological polar surface area (TPSA) is 9.23 Å². The van der Waals surface area contributed by atoms with Crippen LogP contribution in [0.2, 0.25) is 0 Å². The van der Waals surface area contributed by atoms with Crippen LogP contribution >= 0.6 is 0 Å². The van der Waals surface area contributed by atoms with Crippen LogP contribution in [0.5, 0.6) is 0 Å². The lowest BCUT2D eigenvalue weighted by molar-refractivity contribution is 0.182. The predicted octanol–water partition coefficient (Wildman–Crippen LogP) is 3.49. The molecule has 0 fully saturated rings. The minimum atomic E-state index is 0.465. The van der Waals surface area contributed by atoms with E-state index in [4.69, 9.17) is 4.74 Å². The number of hydrogen-bond donors (Lipinski definition) is 0. The fraction of sp³-hybridized carbons (Fsp3) is 1.00. The van der Waals surface area contributed by atoms with E-state index in [-0.39, 0.29) is 0 Å². The second-order valence-corrected chi connectivity index (χ2v) is 4.76. The van der Waals surface area contributed by atoms with Gasteiger partial charge in [0.25, 0.3) is 0 Å². The second-order valence-electron chi connectivity index (χ2n) is 4.76. The van der Waals surface area contributed by atoms with E-state index in [2.05, 4.69) is 27.7 Å². The van der Waals surface area contributed by atoms with Gasteiger partial charge in [-0.25, -0.2) is 0 Å². The molecular formula is C11H24O. The molecule has 0 aliphatic carbocycles. The highest BCUT2D eigenvalue weighted by molar-refractivity contribution is 4.69. The summed E-state index contributed by atoms with van der Waals surface area (Å²) in [6.07, 6.45) is 3.83. The summed E-state index contributed by atoms with van der Waals surface area (Å²) in [4.78, 5) is 0. The maximum atomic E-state index is 5.01. The van der Waals surface area contributed by atoms with Crippen LogP contribution in [0.3, 0.4) is 0 Å². The predicted molar refractivity (Wildman–Crippen MR) is 54.3 cm³/mol. The van der Waals surface area contributed by atoms with Crippen molar-refractivity contribution in [3.8, 4) is 0 Å². The van der Waals surface area contributed by atoms with Gasteiger partial charge in [-0.3, -0.25) is 0 Å². The van der Waals surface area contributed by atoms with Crippen molar-refractivity contribution in [2.24, 2.45) is 11.3 Å². The van der Waals surface area contributed by atoms with Gasteiger partial charge >= 0.3 is 0 Å². The Morgan fingerprint density at radius 2 is 1.75 bits per heavy atom. The summed E-state index contributed by atoms with van der Waals surface area (Å²) in [6.45, 7) is 10.2. The summed E-state index contributed by atoms with van der Waals surface area (Å²) in [6, 6.07) is 0. The van der Waals surface area contributed by atoms with Gasteiger partial charge in [0.15, 0.2) is 0 Å². The number of methoxy groups -OCH3 is 1. The van der Waals surface area contributed by atoms with E-state index < -0.39 is 0 Å². The van der Waals surface area contributed by atoms with Crippen LogP contribution in [0.25, 0.3) is 0 Å². The molecule has 0 aromatic rings. The van der Waals surface area contributed by atoms with E-state index in [1.165, 1.54) is 19.3 Å². The van der Waals surface area contributed by atoms with Crippen molar-refractivity contribution in [3.63, 3.8) is 0 Å². The molecule has 0 N–H and O–H groups in total. The minimum absolute atomic E-state index is 0.465. The van der Waals surface area contributed by atoms with Gasteiger partial charge in [0.2, 0.25) is 0 Å². The normalized spacial score (nSPS) is 14.8. The number of ether oxygens (including phenoxy) is 1. The smallest absolute Gasteiger partial charge is 0.0462 e. The first-order valence-electron chi connectivity index (χ1n) is 4.97. The molecule has 0 rings (SSSR count).